The van der Waals surface area contributed by atoms with Gasteiger partial charge in [-0.1, -0.05) is 24.3 Å². The quantitative estimate of drug-likeness (QED) is 0.890. The Balaban J connectivity index is 1.61. The van der Waals surface area contributed by atoms with Crippen LogP contribution in [0.25, 0.3) is 0 Å². The molecule has 3 rings (SSSR count). The first-order valence-electron chi connectivity index (χ1n) is 7.28. The molecule has 1 aliphatic rings. The van der Waals surface area contributed by atoms with Crippen LogP contribution >= 0.6 is 15.9 Å². The molecule has 1 aromatic carbocycles. The molecule has 2 aromatic rings. The summed E-state index contributed by atoms with van der Waals surface area (Å²) in [6.07, 6.45) is 5.08. The van der Waals surface area contributed by atoms with E-state index in [0.717, 1.165) is 28.6 Å². The molecule has 0 spiro atoms. The van der Waals surface area contributed by atoms with E-state index in [1.54, 1.807) is 12.4 Å². The molecule has 1 aliphatic heterocycles. The first kappa shape index (κ1) is 15.0. The van der Waals surface area contributed by atoms with E-state index in [2.05, 4.69) is 49.4 Å². The molecule has 0 aliphatic carbocycles. The Kier molecular flexibility index (Phi) is 4.68. The van der Waals surface area contributed by atoms with Gasteiger partial charge in [0, 0.05) is 38.4 Å². The van der Waals surface area contributed by atoms with Gasteiger partial charge < -0.3 is 10.2 Å². The molecule has 0 atom stereocenters. The zero-order chi connectivity index (χ0) is 15.4. The summed E-state index contributed by atoms with van der Waals surface area (Å²) in [7, 11) is 0. The highest BCUT2D eigenvalue weighted by Crippen LogP contribution is 2.15. The standard InChI is InChI=1S/C16H17BrN4O/c17-14-9-19-16(20-10-14)18-8-12-3-1-4-13(7-12)11-21-6-2-5-15(21)22/h1,3-4,7,9-10H,2,5-6,8,11H2,(H,18,19,20). The van der Waals surface area contributed by atoms with E-state index in [9.17, 15) is 4.79 Å². The summed E-state index contributed by atoms with van der Waals surface area (Å²) < 4.78 is 0.857. The van der Waals surface area contributed by atoms with Crippen LogP contribution in [0.4, 0.5) is 5.95 Å². The molecule has 0 bridgehead atoms. The smallest absolute Gasteiger partial charge is 0.222 e. The zero-order valence-corrected chi connectivity index (χ0v) is 13.7. The van der Waals surface area contributed by atoms with Crippen molar-refractivity contribution >= 4 is 27.8 Å². The van der Waals surface area contributed by atoms with Crippen LogP contribution in [0.1, 0.15) is 24.0 Å². The fourth-order valence-electron chi connectivity index (χ4n) is 2.51. The second kappa shape index (κ2) is 6.87. The number of halogens is 1. The van der Waals surface area contributed by atoms with Gasteiger partial charge in [-0.2, -0.15) is 0 Å². The number of hydrogen-bond donors (Lipinski definition) is 1. The van der Waals surface area contributed by atoms with Gasteiger partial charge in [-0.15, -0.1) is 0 Å². The molecule has 1 saturated heterocycles. The summed E-state index contributed by atoms with van der Waals surface area (Å²) in [4.78, 5) is 22.0. The predicted molar refractivity (Wildman–Crippen MR) is 88.2 cm³/mol. The molecule has 0 saturated carbocycles. The Hall–Kier alpha value is -1.95. The first-order valence-corrected chi connectivity index (χ1v) is 8.07. The Morgan fingerprint density at radius 2 is 2.00 bits per heavy atom. The molecule has 6 heteroatoms. The highest BCUT2D eigenvalue weighted by atomic mass is 79.9. The van der Waals surface area contributed by atoms with Crippen molar-refractivity contribution < 1.29 is 4.79 Å². The van der Waals surface area contributed by atoms with Gasteiger partial charge >= 0.3 is 0 Å². The van der Waals surface area contributed by atoms with Crippen LogP contribution in [-0.4, -0.2) is 27.3 Å². The van der Waals surface area contributed by atoms with E-state index in [4.69, 9.17) is 0 Å². The summed E-state index contributed by atoms with van der Waals surface area (Å²) in [5.74, 6) is 0.857. The van der Waals surface area contributed by atoms with Crippen molar-refractivity contribution in [3.8, 4) is 0 Å². The number of nitrogens with one attached hydrogen (secondary N) is 1. The van der Waals surface area contributed by atoms with Crippen LogP contribution in [0.5, 0.6) is 0 Å². The van der Waals surface area contributed by atoms with Gasteiger partial charge in [0.15, 0.2) is 0 Å². The molecule has 5 nitrogen and oxygen atoms in total. The number of likely N-dealkylation sites (tertiary alicyclic amines) is 1. The lowest BCUT2D eigenvalue weighted by Gasteiger charge is -2.16. The lowest BCUT2D eigenvalue weighted by atomic mass is 10.1. The maximum atomic E-state index is 11.7. The summed E-state index contributed by atoms with van der Waals surface area (Å²) in [5.41, 5.74) is 2.31. The van der Waals surface area contributed by atoms with Crippen molar-refractivity contribution in [3.05, 3.63) is 52.3 Å². The topological polar surface area (TPSA) is 58.1 Å². The number of aromatic nitrogens is 2. The van der Waals surface area contributed by atoms with Gasteiger partial charge in [-0.05, 0) is 33.5 Å². The minimum absolute atomic E-state index is 0.256. The average Bonchev–Trinajstić information content (AvgIpc) is 2.92. The van der Waals surface area contributed by atoms with Crippen molar-refractivity contribution in [2.45, 2.75) is 25.9 Å². The number of benzene rings is 1. The van der Waals surface area contributed by atoms with Gasteiger partial charge in [0.25, 0.3) is 0 Å². The number of carbonyl (C=O) groups is 1. The molecule has 0 radical (unpaired) electrons. The molecule has 2 heterocycles. The molecule has 1 N–H and O–H groups in total. The van der Waals surface area contributed by atoms with E-state index >= 15 is 0 Å². The second-order valence-electron chi connectivity index (χ2n) is 5.32. The predicted octanol–water partition coefficient (Wildman–Crippen LogP) is 2.97. The van der Waals surface area contributed by atoms with Crippen molar-refractivity contribution in [2.75, 3.05) is 11.9 Å². The molecule has 1 aromatic heterocycles. The number of amides is 1. The first-order chi connectivity index (χ1) is 10.7. The number of anilines is 1. The van der Waals surface area contributed by atoms with Crippen LogP contribution in [0, 0.1) is 0 Å². The second-order valence-corrected chi connectivity index (χ2v) is 6.23. The molecular formula is C16H17BrN4O. The number of hydrogen-bond acceptors (Lipinski definition) is 4. The monoisotopic (exact) mass is 360 g/mol. The largest absolute Gasteiger partial charge is 0.350 e. The average molecular weight is 361 g/mol. The van der Waals surface area contributed by atoms with Crippen molar-refractivity contribution in [3.63, 3.8) is 0 Å². The number of nitrogens with zero attached hydrogens (tertiary/aromatic N) is 3. The Bertz CT molecular complexity index is 659. The van der Waals surface area contributed by atoms with Gasteiger partial charge in [-0.3, -0.25) is 4.79 Å². The minimum atomic E-state index is 0.256. The van der Waals surface area contributed by atoms with Crippen LogP contribution in [-0.2, 0) is 17.9 Å². The van der Waals surface area contributed by atoms with Crippen LogP contribution in [0.15, 0.2) is 41.1 Å². The number of rotatable bonds is 5. The van der Waals surface area contributed by atoms with E-state index in [1.807, 2.05) is 11.0 Å². The molecule has 0 unspecified atom stereocenters. The SMILES string of the molecule is O=C1CCCN1Cc1cccc(CNc2ncc(Br)cn2)c1. The van der Waals surface area contributed by atoms with Crippen LogP contribution in [0.3, 0.4) is 0 Å². The van der Waals surface area contributed by atoms with Gasteiger partial charge in [0.1, 0.15) is 0 Å². The molecule has 22 heavy (non-hydrogen) atoms. The molecule has 1 amide bonds. The Labute approximate surface area is 137 Å². The number of carbonyl (C=O) groups excluding carboxylic acids is 1. The zero-order valence-electron chi connectivity index (χ0n) is 12.1. The summed E-state index contributed by atoms with van der Waals surface area (Å²) in [6, 6.07) is 8.26. The van der Waals surface area contributed by atoms with Gasteiger partial charge in [0.2, 0.25) is 11.9 Å². The summed E-state index contributed by atoms with van der Waals surface area (Å²) in [5, 5.41) is 3.19. The fraction of sp³-hybridized carbons (Fsp3) is 0.312. The van der Waals surface area contributed by atoms with Crippen LogP contribution < -0.4 is 5.32 Å². The molecule has 114 valence electrons. The lowest BCUT2D eigenvalue weighted by Crippen LogP contribution is -2.23. The molecule has 1 fully saturated rings. The maximum absolute atomic E-state index is 11.7. The summed E-state index contributed by atoms with van der Waals surface area (Å²) >= 11 is 3.31. The third-order valence-electron chi connectivity index (χ3n) is 3.61. The van der Waals surface area contributed by atoms with E-state index in [1.165, 1.54) is 0 Å². The van der Waals surface area contributed by atoms with Crippen molar-refractivity contribution in [1.82, 2.24) is 14.9 Å². The third kappa shape index (κ3) is 3.82. The minimum Gasteiger partial charge on any atom is -0.350 e. The highest BCUT2D eigenvalue weighted by Gasteiger charge is 2.19. The Morgan fingerprint density at radius 3 is 2.73 bits per heavy atom. The van der Waals surface area contributed by atoms with Crippen molar-refractivity contribution in [2.24, 2.45) is 0 Å². The third-order valence-corrected chi connectivity index (χ3v) is 4.02. The highest BCUT2D eigenvalue weighted by molar-refractivity contribution is 9.10. The summed E-state index contributed by atoms with van der Waals surface area (Å²) in [6.45, 7) is 2.22. The van der Waals surface area contributed by atoms with Crippen LogP contribution in [0.2, 0.25) is 0 Å². The van der Waals surface area contributed by atoms with Gasteiger partial charge in [0.05, 0.1) is 4.47 Å². The maximum Gasteiger partial charge on any atom is 0.222 e. The normalized spacial score (nSPS) is 14.4. The Morgan fingerprint density at radius 1 is 1.23 bits per heavy atom. The van der Waals surface area contributed by atoms with Gasteiger partial charge in [-0.25, -0.2) is 9.97 Å². The van der Waals surface area contributed by atoms with E-state index in [-0.39, 0.29) is 5.91 Å². The lowest BCUT2D eigenvalue weighted by molar-refractivity contribution is -0.128. The van der Waals surface area contributed by atoms with E-state index in [0.29, 0.717) is 25.5 Å². The fourth-order valence-corrected chi connectivity index (χ4v) is 2.72. The van der Waals surface area contributed by atoms with Crippen molar-refractivity contribution in [1.29, 1.82) is 0 Å². The van der Waals surface area contributed by atoms with E-state index < -0.39 is 0 Å². The molecular weight excluding hydrogens is 344 g/mol.